The monoisotopic (exact) mass is 288 g/mol. The number of nitrogens with two attached hydrogens (primary N) is 1. The van der Waals surface area contributed by atoms with Crippen LogP contribution in [0, 0.1) is 11.3 Å². The zero-order chi connectivity index (χ0) is 13.2. The molecule has 1 amide bonds. The maximum absolute atomic E-state index is 12.6. The number of nitrogens with zero attached hydrogens (tertiary/aromatic N) is 1. The van der Waals surface area contributed by atoms with Crippen molar-refractivity contribution in [3.8, 4) is 0 Å². The van der Waals surface area contributed by atoms with Crippen molar-refractivity contribution < 1.29 is 4.79 Å². The topological polar surface area (TPSA) is 46.3 Å². The summed E-state index contributed by atoms with van der Waals surface area (Å²) >= 11 is 0. The Morgan fingerprint density at radius 2 is 2.11 bits per heavy atom. The second-order valence-electron chi connectivity index (χ2n) is 6.65. The first kappa shape index (κ1) is 16.8. The molecule has 19 heavy (non-hydrogen) atoms. The summed E-state index contributed by atoms with van der Waals surface area (Å²) in [5.74, 6) is 0.581. The fraction of sp³-hybridized carbons (Fsp3) is 0.933. The van der Waals surface area contributed by atoms with Gasteiger partial charge in [0.15, 0.2) is 0 Å². The van der Waals surface area contributed by atoms with Gasteiger partial charge in [0, 0.05) is 25.0 Å². The molecule has 0 aromatic carbocycles. The number of hydrogen-bond acceptors (Lipinski definition) is 2. The van der Waals surface area contributed by atoms with E-state index >= 15 is 0 Å². The second-order valence-corrected chi connectivity index (χ2v) is 6.65. The quantitative estimate of drug-likeness (QED) is 0.849. The lowest BCUT2D eigenvalue weighted by Gasteiger charge is -2.42. The van der Waals surface area contributed by atoms with E-state index in [0.29, 0.717) is 11.3 Å². The molecule has 0 spiro atoms. The fourth-order valence-electron chi connectivity index (χ4n) is 3.50. The molecule has 0 aromatic rings. The van der Waals surface area contributed by atoms with Gasteiger partial charge in [-0.2, -0.15) is 0 Å². The molecule has 112 valence electrons. The van der Waals surface area contributed by atoms with Crippen LogP contribution in [-0.4, -0.2) is 29.9 Å². The minimum absolute atomic E-state index is 0. The van der Waals surface area contributed by atoms with Crippen LogP contribution >= 0.6 is 12.4 Å². The fourth-order valence-corrected chi connectivity index (χ4v) is 3.50. The predicted molar refractivity (Wildman–Crippen MR) is 81.4 cm³/mol. The molecule has 0 radical (unpaired) electrons. The Morgan fingerprint density at radius 3 is 2.74 bits per heavy atom. The highest BCUT2D eigenvalue weighted by Gasteiger charge is 2.35. The molecule has 1 aliphatic heterocycles. The number of carbonyl (C=O) groups is 1. The van der Waals surface area contributed by atoms with E-state index in [0.717, 1.165) is 45.2 Å². The Bertz CT molecular complexity index is 311. The van der Waals surface area contributed by atoms with Crippen molar-refractivity contribution in [2.24, 2.45) is 17.1 Å². The summed E-state index contributed by atoms with van der Waals surface area (Å²) < 4.78 is 0. The molecular weight excluding hydrogens is 260 g/mol. The number of carbonyl (C=O) groups excluding carboxylic acids is 1. The van der Waals surface area contributed by atoms with Crippen molar-refractivity contribution in [2.45, 2.75) is 64.8 Å². The Labute approximate surface area is 123 Å². The van der Waals surface area contributed by atoms with Gasteiger partial charge >= 0.3 is 0 Å². The summed E-state index contributed by atoms with van der Waals surface area (Å²) in [6.45, 7) is 6.47. The van der Waals surface area contributed by atoms with E-state index in [9.17, 15) is 4.79 Å². The molecule has 2 N–H and O–H groups in total. The molecule has 2 rings (SSSR count). The maximum Gasteiger partial charge on any atom is 0.225 e. The summed E-state index contributed by atoms with van der Waals surface area (Å²) in [5.41, 5.74) is 6.34. The van der Waals surface area contributed by atoms with Crippen LogP contribution < -0.4 is 5.73 Å². The van der Waals surface area contributed by atoms with Crippen LogP contribution in [0.4, 0.5) is 0 Å². The van der Waals surface area contributed by atoms with Gasteiger partial charge in [0.25, 0.3) is 0 Å². The Kier molecular flexibility index (Phi) is 6.13. The van der Waals surface area contributed by atoms with E-state index in [2.05, 4.69) is 18.7 Å². The van der Waals surface area contributed by atoms with E-state index in [4.69, 9.17) is 5.73 Å². The normalized spacial score (nSPS) is 35.6. The van der Waals surface area contributed by atoms with Crippen LogP contribution in [0.1, 0.15) is 58.8 Å². The first-order chi connectivity index (χ1) is 8.54. The summed E-state index contributed by atoms with van der Waals surface area (Å²) in [4.78, 5) is 14.7. The van der Waals surface area contributed by atoms with Crippen LogP contribution in [0.25, 0.3) is 0 Å². The second kappa shape index (κ2) is 6.94. The number of rotatable bonds is 2. The molecule has 1 heterocycles. The molecule has 3 unspecified atom stereocenters. The SMILES string of the molecule is CCC1(C)CCCN(C(=O)C2CCCC(N)C2)C1.Cl. The zero-order valence-electron chi connectivity index (χ0n) is 12.4. The average Bonchev–Trinajstić information content (AvgIpc) is 2.38. The van der Waals surface area contributed by atoms with Crippen molar-refractivity contribution in [3.05, 3.63) is 0 Å². The smallest absolute Gasteiger partial charge is 0.225 e. The van der Waals surface area contributed by atoms with Crippen molar-refractivity contribution in [1.29, 1.82) is 0 Å². The highest BCUT2D eigenvalue weighted by molar-refractivity contribution is 5.85. The Balaban J connectivity index is 0.00000180. The molecule has 2 fully saturated rings. The molecule has 2 aliphatic rings. The average molecular weight is 289 g/mol. The lowest BCUT2D eigenvalue weighted by Crippen LogP contribution is -2.48. The van der Waals surface area contributed by atoms with Gasteiger partial charge in [-0.3, -0.25) is 4.79 Å². The van der Waals surface area contributed by atoms with Crippen molar-refractivity contribution in [1.82, 2.24) is 4.90 Å². The number of hydrogen-bond donors (Lipinski definition) is 1. The first-order valence-corrected chi connectivity index (χ1v) is 7.58. The largest absolute Gasteiger partial charge is 0.342 e. The molecule has 0 bridgehead atoms. The summed E-state index contributed by atoms with van der Waals surface area (Å²) in [6, 6.07) is 0.245. The van der Waals surface area contributed by atoms with Gasteiger partial charge < -0.3 is 10.6 Å². The van der Waals surface area contributed by atoms with E-state index in [1.165, 1.54) is 12.8 Å². The Morgan fingerprint density at radius 1 is 1.37 bits per heavy atom. The molecule has 3 atom stereocenters. The third-order valence-corrected chi connectivity index (χ3v) is 5.01. The van der Waals surface area contributed by atoms with Crippen molar-refractivity contribution in [3.63, 3.8) is 0 Å². The van der Waals surface area contributed by atoms with E-state index in [-0.39, 0.29) is 24.4 Å². The minimum Gasteiger partial charge on any atom is -0.342 e. The molecule has 1 saturated heterocycles. The highest BCUT2D eigenvalue weighted by Crippen LogP contribution is 2.34. The summed E-state index contributed by atoms with van der Waals surface area (Å²) in [7, 11) is 0. The number of amides is 1. The van der Waals surface area contributed by atoms with Crippen LogP contribution in [0.5, 0.6) is 0 Å². The van der Waals surface area contributed by atoms with E-state index in [1.54, 1.807) is 0 Å². The molecule has 1 saturated carbocycles. The van der Waals surface area contributed by atoms with Gasteiger partial charge in [0.05, 0.1) is 0 Å². The van der Waals surface area contributed by atoms with Gasteiger partial charge in [0.2, 0.25) is 5.91 Å². The van der Waals surface area contributed by atoms with Crippen LogP contribution in [0.2, 0.25) is 0 Å². The highest BCUT2D eigenvalue weighted by atomic mass is 35.5. The lowest BCUT2D eigenvalue weighted by molar-refractivity contribution is -0.140. The third kappa shape index (κ3) is 4.09. The van der Waals surface area contributed by atoms with Crippen LogP contribution in [0.15, 0.2) is 0 Å². The van der Waals surface area contributed by atoms with Crippen LogP contribution in [0.3, 0.4) is 0 Å². The van der Waals surface area contributed by atoms with Crippen molar-refractivity contribution in [2.75, 3.05) is 13.1 Å². The van der Waals surface area contributed by atoms with Gasteiger partial charge in [-0.15, -0.1) is 12.4 Å². The summed E-state index contributed by atoms with van der Waals surface area (Å²) in [5, 5.41) is 0. The Hall–Kier alpha value is -0.280. The van der Waals surface area contributed by atoms with Crippen LogP contribution in [-0.2, 0) is 4.79 Å². The number of likely N-dealkylation sites (tertiary alicyclic amines) is 1. The molecule has 4 heteroatoms. The number of piperidine rings is 1. The van der Waals surface area contributed by atoms with Crippen molar-refractivity contribution >= 4 is 18.3 Å². The maximum atomic E-state index is 12.6. The molecule has 1 aliphatic carbocycles. The number of halogens is 1. The first-order valence-electron chi connectivity index (χ1n) is 7.58. The standard InChI is InChI=1S/C15H28N2O.ClH/c1-3-15(2)8-5-9-17(11-15)14(18)12-6-4-7-13(16)10-12;/h12-13H,3-11,16H2,1-2H3;1H. The summed E-state index contributed by atoms with van der Waals surface area (Å²) in [6.07, 6.45) is 7.75. The molecule has 0 aromatic heterocycles. The zero-order valence-corrected chi connectivity index (χ0v) is 13.2. The molecule has 3 nitrogen and oxygen atoms in total. The van der Waals surface area contributed by atoms with E-state index in [1.807, 2.05) is 0 Å². The van der Waals surface area contributed by atoms with Gasteiger partial charge in [-0.1, -0.05) is 20.3 Å². The van der Waals surface area contributed by atoms with E-state index < -0.39 is 0 Å². The van der Waals surface area contributed by atoms with Gasteiger partial charge in [-0.05, 0) is 43.9 Å². The van der Waals surface area contributed by atoms with Gasteiger partial charge in [-0.25, -0.2) is 0 Å². The minimum atomic E-state index is 0. The lowest BCUT2D eigenvalue weighted by atomic mass is 9.78. The predicted octanol–water partition coefficient (Wildman–Crippen LogP) is 2.96. The third-order valence-electron chi connectivity index (χ3n) is 5.01. The molecular formula is C15H29ClN2O. The van der Waals surface area contributed by atoms with Gasteiger partial charge in [0.1, 0.15) is 0 Å².